The minimum Gasteiger partial charge on any atom is -0.392 e. The molecule has 0 aliphatic heterocycles. The first-order valence-corrected chi connectivity index (χ1v) is 4.18. The molecular weight excluding hydrogens is 190 g/mol. The summed E-state index contributed by atoms with van der Waals surface area (Å²) in [5.74, 6) is 0. The second-order valence-electron chi connectivity index (χ2n) is 2.93. The third-order valence-corrected chi connectivity index (χ3v) is 2.04. The molecule has 78 valence electrons. The Balaban J connectivity index is 3.24. The fourth-order valence-electron chi connectivity index (χ4n) is 1.32. The van der Waals surface area contributed by atoms with Crippen LogP contribution in [0.5, 0.6) is 0 Å². The lowest BCUT2D eigenvalue weighted by Gasteiger charge is -2.10. The zero-order chi connectivity index (χ0) is 10.7. The smallest absolute Gasteiger partial charge is 0.280 e. The highest BCUT2D eigenvalue weighted by Crippen LogP contribution is 2.21. The number of alkyl halides is 2. The number of hydrogen-bond acceptors (Lipinski definition) is 3. The van der Waals surface area contributed by atoms with Gasteiger partial charge in [-0.1, -0.05) is 0 Å². The van der Waals surface area contributed by atoms with E-state index in [4.69, 9.17) is 10.8 Å². The van der Waals surface area contributed by atoms with Crippen molar-refractivity contribution in [2.24, 2.45) is 5.73 Å². The molecule has 1 heterocycles. The highest BCUT2D eigenvalue weighted by atomic mass is 19.3. The lowest BCUT2D eigenvalue weighted by atomic mass is 10.1. The highest BCUT2D eigenvalue weighted by molar-refractivity contribution is 5.32. The van der Waals surface area contributed by atoms with Gasteiger partial charge >= 0.3 is 0 Å². The van der Waals surface area contributed by atoms with E-state index in [1.807, 2.05) is 0 Å². The summed E-state index contributed by atoms with van der Waals surface area (Å²) in [6.07, 6.45) is -2.62. The third kappa shape index (κ3) is 2.05. The van der Waals surface area contributed by atoms with Crippen molar-refractivity contribution < 1.29 is 13.9 Å². The monoisotopic (exact) mass is 202 g/mol. The summed E-state index contributed by atoms with van der Waals surface area (Å²) in [5, 5.41) is 8.95. The first-order valence-electron chi connectivity index (χ1n) is 4.18. The quantitative estimate of drug-likeness (QED) is 0.776. The zero-order valence-corrected chi connectivity index (χ0v) is 7.80. The van der Waals surface area contributed by atoms with Gasteiger partial charge in [-0.15, -0.1) is 0 Å². The number of hydrogen-bond donors (Lipinski definition) is 2. The van der Waals surface area contributed by atoms with Crippen LogP contribution in [0.15, 0.2) is 6.07 Å². The van der Waals surface area contributed by atoms with E-state index in [0.717, 1.165) is 0 Å². The second kappa shape index (κ2) is 4.43. The van der Waals surface area contributed by atoms with Crippen LogP contribution in [0.3, 0.4) is 0 Å². The van der Waals surface area contributed by atoms with E-state index in [9.17, 15) is 8.78 Å². The molecular formula is C9H12F2N2O. The summed E-state index contributed by atoms with van der Waals surface area (Å²) in [6.45, 7) is 1.50. The van der Waals surface area contributed by atoms with Crippen molar-refractivity contribution in [2.45, 2.75) is 26.5 Å². The number of nitrogens with zero attached hydrogens (tertiary/aromatic N) is 1. The average molecular weight is 202 g/mol. The molecule has 0 aliphatic rings. The van der Waals surface area contributed by atoms with Crippen molar-refractivity contribution in [1.29, 1.82) is 0 Å². The van der Waals surface area contributed by atoms with E-state index in [1.54, 1.807) is 6.92 Å². The molecule has 0 saturated heterocycles. The van der Waals surface area contributed by atoms with Gasteiger partial charge in [-0.2, -0.15) is 0 Å². The molecule has 1 aromatic heterocycles. The van der Waals surface area contributed by atoms with Crippen LogP contribution in [-0.4, -0.2) is 10.1 Å². The van der Waals surface area contributed by atoms with E-state index in [2.05, 4.69) is 4.98 Å². The van der Waals surface area contributed by atoms with Crippen molar-refractivity contribution in [2.75, 3.05) is 0 Å². The number of pyridine rings is 1. The van der Waals surface area contributed by atoms with Crippen LogP contribution in [-0.2, 0) is 13.2 Å². The Morgan fingerprint density at radius 3 is 2.64 bits per heavy atom. The summed E-state index contributed by atoms with van der Waals surface area (Å²) in [6, 6.07) is 1.19. The fourth-order valence-corrected chi connectivity index (χ4v) is 1.32. The predicted molar refractivity (Wildman–Crippen MR) is 47.7 cm³/mol. The van der Waals surface area contributed by atoms with Crippen LogP contribution in [0.2, 0.25) is 0 Å². The molecule has 0 amide bonds. The lowest BCUT2D eigenvalue weighted by Crippen LogP contribution is -2.08. The van der Waals surface area contributed by atoms with Crippen molar-refractivity contribution in [3.63, 3.8) is 0 Å². The van der Waals surface area contributed by atoms with Crippen LogP contribution in [0.25, 0.3) is 0 Å². The lowest BCUT2D eigenvalue weighted by molar-refractivity contribution is 0.145. The van der Waals surface area contributed by atoms with E-state index >= 15 is 0 Å². The van der Waals surface area contributed by atoms with Gasteiger partial charge in [0.05, 0.1) is 6.61 Å². The zero-order valence-electron chi connectivity index (χ0n) is 7.80. The number of aryl methyl sites for hydroxylation is 1. The van der Waals surface area contributed by atoms with Crippen LogP contribution >= 0.6 is 0 Å². The highest BCUT2D eigenvalue weighted by Gasteiger charge is 2.13. The van der Waals surface area contributed by atoms with Gasteiger partial charge in [-0.05, 0) is 24.1 Å². The average Bonchev–Trinajstić information content (AvgIpc) is 2.16. The van der Waals surface area contributed by atoms with Gasteiger partial charge in [0, 0.05) is 12.2 Å². The number of aromatic nitrogens is 1. The van der Waals surface area contributed by atoms with Crippen LogP contribution in [0, 0.1) is 6.92 Å². The summed E-state index contributed by atoms with van der Waals surface area (Å²) in [4.78, 5) is 3.71. The molecule has 0 unspecified atom stereocenters. The van der Waals surface area contributed by atoms with Crippen molar-refractivity contribution in [3.8, 4) is 0 Å². The first kappa shape index (κ1) is 11.0. The Bertz CT molecular complexity index is 329. The Morgan fingerprint density at radius 1 is 1.57 bits per heavy atom. The van der Waals surface area contributed by atoms with Crippen molar-refractivity contribution in [1.82, 2.24) is 4.98 Å². The maximum Gasteiger partial charge on any atom is 0.280 e. The molecule has 0 spiro atoms. The molecule has 0 radical (unpaired) electrons. The molecule has 14 heavy (non-hydrogen) atoms. The second-order valence-corrected chi connectivity index (χ2v) is 2.93. The Kier molecular flexibility index (Phi) is 3.49. The predicted octanol–water partition coefficient (Wildman–Crippen LogP) is 1.28. The van der Waals surface area contributed by atoms with Crippen LogP contribution in [0.1, 0.15) is 28.9 Å². The molecule has 3 nitrogen and oxygen atoms in total. The van der Waals surface area contributed by atoms with Gasteiger partial charge in [0.1, 0.15) is 5.69 Å². The molecule has 0 fully saturated rings. The maximum absolute atomic E-state index is 12.3. The van der Waals surface area contributed by atoms with Gasteiger partial charge in [0.25, 0.3) is 6.43 Å². The summed E-state index contributed by atoms with van der Waals surface area (Å²) >= 11 is 0. The normalized spacial score (nSPS) is 11.0. The van der Waals surface area contributed by atoms with Gasteiger partial charge in [0.2, 0.25) is 0 Å². The van der Waals surface area contributed by atoms with E-state index < -0.39 is 6.43 Å². The molecule has 0 saturated carbocycles. The molecule has 0 aromatic carbocycles. The molecule has 1 aromatic rings. The molecule has 5 heteroatoms. The Morgan fingerprint density at radius 2 is 2.21 bits per heavy atom. The summed E-state index contributed by atoms with van der Waals surface area (Å²) < 4.78 is 24.6. The number of rotatable bonds is 3. The van der Waals surface area contributed by atoms with Crippen LogP contribution in [0.4, 0.5) is 8.78 Å². The first-order chi connectivity index (χ1) is 6.60. The topological polar surface area (TPSA) is 59.1 Å². The maximum atomic E-state index is 12.3. The Hall–Kier alpha value is -1.07. The summed E-state index contributed by atoms with van der Waals surface area (Å²) in [7, 11) is 0. The number of nitrogens with two attached hydrogens (primary N) is 1. The van der Waals surface area contributed by atoms with Gasteiger partial charge < -0.3 is 10.8 Å². The molecule has 0 atom stereocenters. The minimum absolute atomic E-state index is 0.193. The third-order valence-electron chi connectivity index (χ3n) is 2.04. The summed E-state index contributed by atoms with van der Waals surface area (Å²) in [5.41, 5.74) is 6.61. The number of aliphatic hydroxyl groups excluding tert-OH is 1. The van der Waals surface area contributed by atoms with Gasteiger partial charge in [-0.25, -0.2) is 8.78 Å². The van der Waals surface area contributed by atoms with E-state index in [0.29, 0.717) is 16.8 Å². The molecule has 1 rings (SSSR count). The van der Waals surface area contributed by atoms with Crippen LogP contribution < -0.4 is 5.73 Å². The fraction of sp³-hybridized carbons (Fsp3) is 0.444. The Labute approximate surface area is 80.6 Å². The molecule has 0 aliphatic carbocycles. The van der Waals surface area contributed by atoms with Crippen molar-refractivity contribution >= 4 is 0 Å². The van der Waals surface area contributed by atoms with E-state index in [1.165, 1.54) is 6.07 Å². The molecule has 3 N–H and O–H groups in total. The number of halogens is 2. The van der Waals surface area contributed by atoms with Crippen molar-refractivity contribution in [3.05, 3.63) is 28.6 Å². The number of aliphatic hydroxyl groups is 1. The molecule has 0 bridgehead atoms. The SMILES string of the molecule is Cc1nc(C(F)F)cc(CO)c1CN. The minimum atomic E-state index is -2.62. The standard InChI is InChI=1S/C9H12F2N2O/c1-5-7(3-12)6(4-14)2-8(13-5)9(10)11/h2,9,14H,3-4,12H2,1H3. The van der Waals surface area contributed by atoms with E-state index in [-0.39, 0.29) is 18.8 Å². The van der Waals surface area contributed by atoms with Gasteiger partial charge in [0.15, 0.2) is 0 Å². The largest absolute Gasteiger partial charge is 0.392 e. The van der Waals surface area contributed by atoms with Gasteiger partial charge in [-0.3, -0.25) is 4.98 Å².